The standard InChI is InChI=1S/C21H21NO5/c1-13-10-14-6-4-5-7-16(14)22(13)18(23)9-8-15-11-17(24-2)20-21(19(15)25-3)27-12-26-20/h4-9,11,13H,10,12H2,1-3H3/b9-8+. The molecular weight excluding hydrogens is 346 g/mol. The van der Waals surface area contributed by atoms with Crippen LogP contribution in [0.25, 0.3) is 6.08 Å². The summed E-state index contributed by atoms with van der Waals surface area (Å²) in [6.45, 7) is 2.16. The second-order valence-corrected chi connectivity index (χ2v) is 6.49. The first-order chi connectivity index (χ1) is 13.1. The number of nitrogens with zero attached hydrogens (tertiary/aromatic N) is 1. The van der Waals surface area contributed by atoms with E-state index in [9.17, 15) is 4.79 Å². The predicted octanol–water partition coefficient (Wildman–Crippen LogP) is 3.42. The number of para-hydroxylation sites is 1. The molecule has 1 unspecified atom stereocenters. The molecule has 6 heteroatoms. The molecule has 27 heavy (non-hydrogen) atoms. The lowest BCUT2D eigenvalue weighted by atomic mass is 10.1. The Bertz CT molecular complexity index is 921. The molecular formula is C21H21NO5. The second-order valence-electron chi connectivity index (χ2n) is 6.49. The van der Waals surface area contributed by atoms with Gasteiger partial charge in [0.1, 0.15) is 0 Å². The van der Waals surface area contributed by atoms with Crippen LogP contribution < -0.4 is 23.8 Å². The van der Waals surface area contributed by atoms with Crippen LogP contribution in [0.2, 0.25) is 0 Å². The SMILES string of the molecule is COc1cc(/C=C/C(=O)N2c3ccccc3CC2C)c(OC)c2c1OCO2. The summed E-state index contributed by atoms with van der Waals surface area (Å²) in [5.41, 5.74) is 2.84. The molecule has 2 aromatic carbocycles. The summed E-state index contributed by atoms with van der Waals surface area (Å²) >= 11 is 0. The van der Waals surface area contributed by atoms with Gasteiger partial charge in [0.25, 0.3) is 5.91 Å². The zero-order valence-electron chi connectivity index (χ0n) is 15.5. The van der Waals surface area contributed by atoms with Gasteiger partial charge >= 0.3 is 0 Å². The van der Waals surface area contributed by atoms with Crippen molar-refractivity contribution in [3.05, 3.63) is 47.5 Å². The smallest absolute Gasteiger partial charge is 0.251 e. The maximum atomic E-state index is 12.9. The first kappa shape index (κ1) is 17.3. The monoisotopic (exact) mass is 367 g/mol. The maximum Gasteiger partial charge on any atom is 0.251 e. The third kappa shape index (κ3) is 2.87. The summed E-state index contributed by atoms with van der Waals surface area (Å²) in [4.78, 5) is 14.7. The van der Waals surface area contributed by atoms with Crippen molar-refractivity contribution in [2.24, 2.45) is 0 Å². The Labute approximate surface area is 157 Å². The third-order valence-electron chi connectivity index (χ3n) is 4.87. The molecule has 0 saturated heterocycles. The minimum Gasteiger partial charge on any atom is -0.493 e. The fourth-order valence-electron chi connectivity index (χ4n) is 3.66. The molecule has 6 nitrogen and oxygen atoms in total. The number of hydrogen-bond acceptors (Lipinski definition) is 5. The van der Waals surface area contributed by atoms with Gasteiger partial charge in [0.05, 0.1) is 14.2 Å². The van der Waals surface area contributed by atoms with Crippen LogP contribution in [0.1, 0.15) is 18.1 Å². The largest absolute Gasteiger partial charge is 0.493 e. The lowest BCUT2D eigenvalue weighted by Crippen LogP contribution is -2.34. The topological polar surface area (TPSA) is 57.2 Å². The summed E-state index contributed by atoms with van der Waals surface area (Å²) in [6, 6.07) is 9.89. The van der Waals surface area contributed by atoms with E-state index in [1.165, 1.54) is 5.56 Å². The number of benzene rings is 2. The van der Waals surface area contributed by atoms with Gasteiger partial charge in [0.2, 0.25) is 18.3 Å². The van der Waals surface area contributed by atoms with E-state index in [4.69, 9.17) is 18.9 Å². The molecule has 0 N–H and O–H groups in total. The first-order valence-electron chi connectivity index (χ1n) is 8.77. The summed E-state index contributed by atoms with van der Waals surface area (Å²) in [5, 5.41) is 0. The Balaban J connectivity index is 1.66. The third-order valence-corrected chi connectivity index (χ3v) is 4.87. The summed E-state index contributed by atoms with van der Waals surface area (Å²) in [5.74, 6) is 1.98. The fraction of sp³-hybridized carbons (Fsp3) is 0.286. The molecule has 2 aliphatic heterocycles. The Kier molecular flexibility index (Phi) is 4.39. The Hall–Kier alpha value is -3.15. The molecule has 0 saturated carbocycles. The van der Waals surface area contributed by atoms with E-state index in [1.807, 2.05) is 23.1 Å². The average Bonchev–Trinajstić information content (AvgIpc) is 3.28. The van der Waals surface area contributed by atoms with Gasteiger partial charge in [-0.25, -0.2) is 0 Å². The van der Waals surface area contributed by atoms with Crippen molar-refractivity contribution >= 4 is 17.7 Å². The molecule has 0 radical (unpaired) electrons. The molecule has 2 heterocycles. The number of ether oxygens (including phenoxy) is 4. The molecule has 0 spiro atoms. The highest BCUT2D eigenvalue weighted by atomic mass is 16.7. The van der Waals surface area contributed by atoms with Gasteiger partial charge in [-0.15, -0.1) is 0 Å². The molecule has 140 valence electrons. The number of carbonyl (C=O) groups excluding carboxylic acids is 1. The number of carbonyl (C=O) groups is 1. The minimum absolute atomic E-state index is 0.0777. The van der Waals surface area contributed by atoms with E-state index in [2.05, 4.69) is 13.0 Å². The molecule has 2 aromatic rings. The predicted molar refractivity (Wildman–Crippen MR) is 102 cm³/mol. The molecule has 0 aliphatic carbocycles. The van der Waals surface area contributed by atoms with Crippen molar-refractivity contribution in [1.82, 2.24) is 0 Å². The lowest BCUT2D eigenvalue weighted by molar-refractivity contribution is -0.114. The van der Waals surface area contributed by atoms with Gasteiger partial charge in [0, 0.05) is 23.4 Å². The quantitative estimate of drug-likeness (QED) is 0.775. The number of methoxy groups -OCH3 is 2. The zero-order valence-corrected chi connectivity index (χ0v) is 15.5. The molecule has 0 bridgehead atoms. The fourth-order valence-corrected chi connectivity index (χ4v) is 3.66. The van der Waals surface area contributed by atoms with E-state index in [-0.39, 0.29) is 18.7 Å². The highest BCUT2D eigenvalue weighted by Crippen LogP contribution is 2.49. The van der Waals surface area contributed by atoms with Crippen molar-refractivity contribution in [1.29, 1.82) is 0 Å². The number of hydrogen-bond donors (Lipinski definition) is 0. The molecule has 1 amide bonds. The van der Waals surface area contributed by atoms with Crippen LogP contribution >= 0.6 is 0 Å². The first-order valence-corrected chi connectivity index (χ1v) is 8.77. The van der Waals surface area contributed by atoms with Gasteiger partial charge in [-0.3, -0.25) is 4.79 Å². The van der Waals surface area contributed by atoms with Crippen LogP contribution in [0, 0.1) is 0 Å². The second kappa shape index (κ2) is 6.87. The number of amides is 1. The number of anilines is 1. The van der Waals surface area contributed by atoms with Crippen LogP contribution in [0.15, 0.2) is 36.4 Å². The summed E-state index contributed by atoms with van der Waals surface area (Å²) < 4.78 is 21.8. The Morgan fingerprint density at radius 2 is 1.96 bits per heavy atom. The van der Waals surface area contributed by atoms with Gasteiger partial charge in [-0.05, 0) is 37.1 Å². The van der Waals surface area contributed by atoms with E-state index in [0.29, 0.717) is 28.6 Å². The highest BCUT2D eigenvalue weighted by molar-refractivity contribution is 6.05. The van der Waals surface area contributed by atoms with Crippen LogP contribution in [0.5, 0.6) is 23.0 Å². The van der Waals surface area contributed by atoms with E-state index >= 15 is 0 Å². The molecule has 0 aromatic heterocycles. The summed E-state index contributed by atoms with van der Waals surface area (Å²) in [7, 11) is 3.12. The minimum atomic E-state index is -0.0777. The summed E-state index contributed by atoms with van der Waals surface area (Å²) in [6.07, 6.45) is 4.13. The lowest BCUT2D eigenvalue weighted by Gasteiger charge is -2.21. The van der Waals surface area contributed by atoms with Crippen LogP contribution in [0.4, 0.5) is 5.69 Å². The van der Waals surface area contributed by atoms with Crippen molar-refractivity contribution < 1.29 is 23.7 Å². The molecule has 2 aliphatic rings. The average molecular weight is 367 g/mol. The van der Waals surface area contributed by atoms with Gasteiger partial charge in [-0.1, -0.05) is 18.2 Å². The van der Waals surface area contributed by atoms with Crippen molar-refractivity contribution in [3.63, 3.8) is 0 Å². The van der Waals surface area contributed by atoms with E-state index in [1.54, 1.807) is 32.4 Å². The van der Waals surface area contributed by atoms with Crippen molar-refractivity contribution in [2.45, 2.75) is 19.4 Å². The van der Waals surface area contributed by atoms with E-state index in [0.717, 1.165) is 12.1 Å². The van der Waals surface area contributed by atoms with Crippen molar-refractivity contribution in [3.8, 4) is 23.0 Å². The van der Waals surface area contributed by atoms with Gasteiger partial charge < -0.3 is 23.8 Å². The zero-order chi connectivity index (χ0) is 19.0. The van der Waals surface area contributed by atoms with Crippen LogP contribution in [-0.4, -0.2) is 33.0 Å². The highest BCUT2D eigenvalue weighted by Gasteiger charge is 2.30. The van der Waals surface area contributed by atoms with Gasteiger partial charge in [0.15, 0.2) is 11.5 Å². The van der Waals surface area contributed by atoms with E-state index < -0.39 is 0 Å². The number of rotatable bonds is 4. The Morgan fingerprint density at radius 1 is 1.19 bits per heavy atom. The Morgan fingerprint density at radius 3 is 2.74 bits per heavy atom. The molecule has 1 atom stereocenters. The molecule has 0 fully saturated rings. The van der Waals surface area contributed by atoms with Crippen LogP contribution in [0.3, 0.4) is 0 Å². The van der Waals surface area contributed by atoms with Crippen molar-refractivity contribution in [2.75, 3.05) is 25.9 Å². The maximum absolute atomic E-state index is 12.9. The van der Waals surface area contributed by atoms with Gasteiger partial charge in [-0.2, -0.15) is 0 Å². The number of fused-ring (bicyclic) bond motifs is 2. The molecule has 4 rings (SSSR count). The normalized spacial score (nSPS) is 17.3. The van der Waals surface area contributed by atoms with Crippen LogP contribution in [-0.2, 0) is 11.2 Å².